The van der Waals surface area contributed by atoms with Crippen LogP contribution in [0.3, 0.4) is 0 Å². The number of fused-ring (bicyclic) bond motifs is 2. The van der Waals surface area contributed by atoms with Crippen molar-refractivity contribution < 1.29 is 0 Å². The van der Waals surface area contributed by atoms with Crippen molar-refractivity contribution >= 4 is 38.0 Å². The SMILES string of the molecule is CC(C)c1cc(NCc2cc3c(C(C)C)cccc3s2)cc2[nH]c(CN)cc12. The van der Waals surface area contributed by atoms with Crippen LogP contribution in [0.4, 0.5) is 5.69 Å². The molecule has 0 unspecified atom stereocenters. The quantitative estimate of drug-likeness (QED) is 0.342. The van der Waals surface area contributed by atoms with Gasteiger partial charge in [-0.25, -0.2) is 0 Å². The smallest absolute Gasteiger partial charge is 0.0494 e. The summed E-state index contributed by atoms with van der Waals surface area (Å²) in [4.78, 5) is 4.82. The van der Waals surface area contributed by atoms with Gasteiger partial charge in [-0.2, -0.15) is 0 Å². The summed E-state index contributed by atoms with van der Waals surface area (Å²) in [6, 6.07) is 15.7. The van der Waals surface area contributed by atoms with Crippen LogP contribution in [0.5, 0.6) is 0 Å². The molecule has 0 atom stereocenters. The van der Waals surface area contributed by atoms with Gasteiger partial charge in [-0.3, -0.25) is 0 Å². The maximum absolute atomic E-state index is 5.84. The van der Waals surface area contributed by atoms with Crippen molar-refractivity contribution in [2.75, 3.05) is 5.32 Å². The average Bonchev–Trinajstić information content (AvgIpc) is 3.28. The van der Waals surface area contributed by atoms with Crippen molar-refractivity contribution in [2.45, 2.75) is 52.6 Å². The average molecular weight is 392 g/mol. The molecule has 0 bridgehead atoms. The molecule has 0 aliphatic rings. The first-order valence-corrected chi connectivity index (χ1v) is 10.9. The van der Waals surface area contributed by atoms with Gasteiger partial charge in [0.05, 0.1) is 0 Å². The van der Waals surface area contributed by atoms with Gasteiger partial charge in [0, 0.05) is 45.0 Å². The first-order valence-electron chi connectivity index (χ1n) is 10.1. The molecule has 0 spiro atoms. The Morgan fingerprint density at radius 1 is 0.964 bits per heavy atom. The molecule has 2 aromatic heterocycles. The summed E-state index contributed by atoms with van der Waals surface area (Å²) in [5, 5.41) is 6.32. The third-order valence-electron chi connectivity index (χ3n) is 5.40. The van der Waals surface area contributed by atoms with E-state index in [1.165, 1.54) is 31.5 Å². The van der Waals surface area contributed by atoms with Gasteiger partial charge in [0.1, 0.15) is 0 Å². The van der Waals surface area contributed by atoms with Gasteiger partial charge < -0.3 is 16.0 Å². The molecule has 0 radical (unpaired) electrons. The predicted molar refractivity (Wildman–Crippen MR) is 124 cm³/mol. The second-order valence-corrected chi connectivity index (χ2v) is 9.33. The standard InChI is InChI=1S/C24H29N3S/c1-14(2)19-6-5-7-24-22(19)11-18(28-24)13-26-16-8-20(15(3)4)21-9-17(12-25)27-23(21)10-16/h5-11,14-15,26-27H,12-13,25H2,1-4H3. The maximum atomic E-state index is 5.84. The van der Waals surface area contributed by atoms with Gasteiger partial charge in [0.25, 0.3) is 0 Å². The number of thiophene rings is 1. The van der Waals surface area contributed by atoms with Gasteiger partial charge >= 0.3 is 0 Å². The minimum Gasteiger partial charge on any atom is -0.380 e. The monoisotopic (exact) mass is 391 g/mol. The Balaban J connectivity index is 1.63. The highest BCUT2D eigenvalue weighted by Crippen LogP contribution is 2.33. The van der Waals surface area contributed by atoms with Crippen LogP contribution in [0.15, 0.2) is 42.5 Å². The zero-order valence-corrected chi connectivity index (χ0v) is 17.9. The molecule has 0 saturated heterocycles. The molecule has 4 heteroatoms. The van der Waals surface area contributed by atoms with E-state index < -0.39 is 0 Å². The maximum Gasteiger partial charge on any atom is 0.0494 e. The van der Waals surface area contributed by atoms with E-state index in [4.69, 9.17) is 5.73 Å². The third-order valence-corrected chi connectivity index (χ3v) is 6.50. The molecular formula is C24H29N3S. The molecular weight excluding hydrogens is 362 g/mol. The summed E-state index contributed by atoms with van der Waals surface area (Å²) >= 11 is 1.88. The van der Waals surface area contributed by atoms with E-state index in [0.717, 1.165) is 23.4 Å². The van der Waals surface area contributed by atoms with Crippen molar-refractivity contribution in [2.24, 2.45) is 5.73 Å². The number of aromatic amines is 1. The summed E-state index contributed by atoms with van der Waals surface area (Å²) in [5.41, 5.74) is 12.0. The number of nitrogens with two attached hydrogens (primary N) is 1. The molecule has 3 nitrogen and oxygen atoms in total. The molecule has 28 heavy (non-hydrogen) atoms. The van der Waals surface area contributed by atoms with E-state index in [1.54, 1.807) is 0 Å². The molecule has 0 saturated carbocycles. The van der Waals surface area contributed by atoms with Crippen LogP contribution in [0.25, 0.3) is 21.0 Å². The summed E-state index contributed by atoms with van der Waals surface area (Å²) in [5.74, 6) is 1.00. The Morgan fingerprint density at radius 3 is 2.46 bits per heavy atom. The topological polar surface area (TPSA) is 53.8 Å². The molecule has 0 aliphatic heterocycles. The van der Waals surface area contributed by atoms with Gasteiger partial charge in [0.2, 0.25) is 0 Å². The number of benzene rings is 2. The number of hydrogen-bond acceptors (Lipinski definition) is 3. The summed E-state index contributed by atoms with van der Waals surface area (Å²) in [6.45, 7) is 10.4. The second kappa shape index (κ2) is 7.61. The van der Waals surface area contributed by atoms with Crippen molar-refractivity contribution in [3.8, 4) is 0 Å². The van der Waals surface area contributed by atoms with Gasteiger partial charge in [-0.1, -0.05) is 39.8 Å². The molecule has 2 aromatic carbocycles. The molecule has 4 N–H and O–H groups in total. The Hall–Kier alpha value is -2.30. The van der Waals surface area contributed by atoms with E-state index >= 15 is 0 Å². The Kier molecular flexibility index (Phi) is 5.17. The largest absolute Gasteiger partial charge is 0.380 e. The summed E-state index contributed by atoms with van der Waals surface area (Å²) in [7, 11) is 0. The van der Waals surface area contributed by atoms with Crippen molar-refractivity contribution in [3.05, 3.63) is 64.2 Å². The predicted octanol–water partition coefficient (Wildman–Crippen LogP) is 6.70. The highest BCUT2D eigenvalue weighted by Gasteiger charge is 2.12. The number of aromatic nitrogens is 1. The fraction of sp³-hybridized carbons (Fsp3) is 0.333. The molecule has 0 amide bonds. The first-order chi connectivity index (χ1) is 13.5. The minimum absolute atomic E-state index is 0.462. The molecule has 2 heterocycles. The highest BCUT2D eigenvalue weighted by atomic mass is 32.1. The van der Waals surface area contributed by atoms with Crippen LogP contribution in [0.1, 0.15) is 61.2 Å². The van der Waals surface area contributed by atoms with E-state index in [1.807, 2.05) is 11.3 Å². The molecule has 0 aliphatic carbocycles. The van der Waals surface area contributed by atoms with Crippen LogP contribution < -0.4 is 11.1 Å². The molecule has 4 rings (SSSR count). The van der Waals surface area contributed by atoms with Crippen LogP contribution in [-0.2, 0) is 13.1 Å². The third kappa shape index (κ3) is 3.54. The van der Waals surface area contributed by atoms with Crippen LogP contribution in [-0.4, -0.2) is 4.98 Å². The lowest BCUT2D eigenvalue weighted by Crippen LogP contribution is -1.99. The Bertz CT molecular complexity index is 1120. The molecule has 4 aromatic rings. The Morgan fingerprint density at radius 2 is 1.75 bits per heavy atom. The van der Waals surface area contributed by atoms with E-state index in [9.17, 15) is 0 Å². The summed E-state index contributed by atoms with van der Waals surface area (Å²) < 4.78 is 1.37. The number of anilines is 1. The number of hydrogen-bond donors (Lipinski definition) is 3. The van der Waals surface area contributed by atoms with Gasteiger partial charge in [-0.05, 0) is 58.7 Å². The lowest BCUT2D eigenvalue weighted by molar-refractivity contribution is 0.876. The fourth-order valence-electron chi connectivity index (χ4n) is 3.93. The second-order valence-electron chi connectivity index (χ2n) is 8.16. The number of H-pyrrole nitrogens is 1. The van der Waals surface area contributed by atoms with Crippen LogP contribution in [0, 0.1) is 0 Å². The fourth-order valence-corrected chi connectivity index (χ4v) is 4.97. The van der Waals surface area contributed by atoms with Gasteiger partial charge in [-0.15, -0.1) is 11.3 Å². The normalized spacial score (nSPS) is 12.0. The van der Waals surface area contributed by atoms with Gasteiger partial charge in [0.15, 0.2) is 0 Å². The van der Waals surface area contributed by atoms with Crippen LogP contribution in [0.2, 0.25) is 0 Å². The summed E-state index contributed by atoms with van der Waals surface area (Å²) in [6.07, 6.45) is 0. The zero-order chi connectivity index (χ0) is 19.8. The van der Waals surface area contributed by atoms with Crippen LogP contribution >= 0.6 is 11.3 Å². The van der Waals surface area contributed by atoms with E-state index in [2.05, 4.69) is 80.5 Å². The van der Waals surface area contributed by atoms with E-state index in [0.29, 0.717) is 18.4 Å². The van der Waals surface area contributed by atoms with E-state index in [-0.39, 0.29) is 0 Å². The highest BCUT2D eigenvalue weighted by molar-refractivity contribution is 7.19. The van der Waals surface area contributed by atoms with Crippen molar-refractivity contribution in [3.63, 3.8) is 0 Å². The minimum atomic E-state index is 0.462. The Labute approximate surface area is 171 Å². The van der Waals surface area contributed by atoms with Crippen molar-refractivity contribution in [1.82, 2.24) is 4.98 Å². The molecule has 146 valence electrons. The molecule has 0 fully saturated rings. The zero-order valence-electron chi connectivity index (χ0n) is 17.1. The lowest BCUT2D eigenvalue weighted by Gasteiger charge is -2.12. The lowest BCUT2D eigenvalue weighted by atomic mass is 9.98. The number of nitrogens with one attached hydrogen (secondary N) is 2. The first kappa shape index (κ1) is 19.0. The van der Waals surface area contributed by atoms with Crippen molar-refractivity contribution in [1.29, 1.82) is 0 Å². The number of rotatable bonds is 6.